The fourth-order valence-electron chi connectivity index (χ4n) is 3.04. The van der Waals surface area contributed by atoms with Crippen LogP contribution < -0.4 is 5.32 Å². The van der Waals surface area contributed by atoms with Crippen LogP contribution in [0, 0.1) is 11.3 Å². The van der Waals surface area contributed by atoms with Gasteiger partial charge in [-0.15, -0.1) is 24.8 Å². The molecule has 0 amide bonds. The fraction of sp³-hybridized carbons (Fsp3) is 1.00. The molecule has 0 aromatic heterocycles. The highest BCUT2D eigenvalue weighted by atomic mass is 35.5. The first-order valence-corrected chi connectivity index (χ1v) is 5.27. The number of rotatable bonds is 1. The maximum Gasteiger partial charge on any atom is 0.0477 e. The molecule has 2 rings (SSSR count). The molecule has 92 valence electrons. The van der Waals surface area contributed by atoms with Gasteiger partial charge in [-0.05, 0) is 38.4 Å². The van der Waals surface area contributed by atoms with E-state index in [2.05, 4.69) is 17.3 Å². The third kappa shape index (κ3) is 2.98. The van der Waals surface area contributed by atoms with Crippen molar-refractivity contribution < 1.29 is 5.11 Å². The number of aliphatic hydroxyl groups excluding tert-OH is 1. The molecule has 2 aliphatic rings. The van der Waals surface area contributed by atoms with Gasteiger partial charge in [0.2, 0.25) is 0 Å². The summed E-state index contributed by atoms with van der Waals surface area (Å²) < 4.78 is 0. The maximum absolute atomic E-state index is 9.35. The number of nitrogens with zero attached hydrogens (tertiary/aromatic N) is 1. The van der Waals surface area contributed by atoms with Gasteiger partial charge in [0.15, 0.2) is 0 Å². The van der Waals surface area contributed by atoms with Crippen LogP contribution in [-0.2, 0) is 0 Å². The summed E-state index contributed by atoms with van der Waals surface area (Å²) >= 11 is 0. The number of nitrogens with one attached hydrogen (secondary N) is 1. The summed E-state index contributed by atoms with van der Waals surface area (Å²) in [6.45, 7) is 4.88. The lowest BCUT2D eigenvalue weighted by Gasteiger charge is -2.37. The lowest BCUT2D eigenvalue weighted by Crippen LogP contribution is -2.42. The first kappa shape index (κ1) is 15.5. The smallest absolute Gasteiger partial charge is 0.0477 e. The van der Waals surface area contributed by atoms with Gasteiger partial charge in [-0.25, -0.2) is 0 Å². The molecule has 2 heterocycles. The minimum atomic E-state index is 0. The molecule has 0 aliphatic carbocycles. The van der Waals surface area contributed by atoms with Crippen LogP contribution in [-0.4, -0.2) is 49.8 Å². The van der Waals surface area contributed by atoms with Gasteiger partial charge in [-0.2, -0.15) is 0 Å². The van der Waals surface area contributed by atoms with Gasteiger partial charge in [-0.3, -0.25) is 0 Å². The monoisotopic (exact) mass is 256 g/mol. The Labute approximate surface area is 104 Å². The van der Waals surface area contributed by atoms with Crippen molar-refractivity contribution in [1.29, 1.82) is 0 Å². The second kappa shape index (κ2) is 6.26. The molecule has 5 heteroatoms. The largest absolute Gasteiger partial charge is 0.396 e. The van der Waals surface area contributed by atoms with Crippen molar-refractivity contribution in [3.63, 3.8) is 0 Å². The third-order valence-corrected chi connectivity index (χ3v) is 3.80. The van der Waals surface area contributed by atoms with Gasteiger partial charge in [0.25, 0.3) is 0 Å². The average Bonchev–Trinajstić information content (AvgIpc) is 2.43. The molecule has 0 aromatic carbocycles. The standard InChI is InChI=1S/C10H20N2O.2ClH/c1-12-6-9(7-13)10(8-12)2-4-11-5-3-10;;/h9,11,13H,2-8H2,1H3;2*1H. The number of hydrogen-bond donors (Lipinski definition) is 2. The van der Waals surface area contributed by atoms with Crippen LogP contribution in [0.15, 0.2) is 0 Å². The van der Waals surface area contributed by atoms with E-state index in [1.165, 1.54) is 19.4 Å². The van der Waals surface area contributed by atoms with E-state index in [9.17, 15) is 5.11 Å². The van der Waals surface area contributed by atoms with E-state index in [0.29, 0.717) is 17.9 Å². The highest BCUT2D eigenvalue weighted by Crippen LogP contribution is 2.42. The van der Waals surface area contributed by atoms with Crippen LogP contribution in [0.25, 0.3) is 0 Å². The SMILES string of the molecule is CN1CC(CO)C2(CCNCC2)C1.Cl.Cl. The minimum Gasteiger partial charge on any atom is -0.396 e. The van der Waals surface area contributed by atoms with Crippen LogP contribution in [0.4, 0.5) is 0 Å². The molecular formula is C10H22Cl2N2O. The second-order valence-corrected chi connectivity index (χ2v) is 4.69. The lowest BCUT2D eigenvalue weighted by molar-refractivity contribution is 0.0989. The Morgan fingerprint density at radius 3 is 2.47 bits per heavy atom. The van der Waals surface area contributed by atoms with Crippen molar-refractivity contribution in [1.82, 2.24) is 10.2 Å². The van der Waals surface area contributed by atoms with Crippen LogP contribution >= 0.6 is 24.8 Å². The molecule has 15 heavy (non-hydrogen) atoms. The van der Waals surface area contributed by atoms with E-state index < -0.39 is 0 Å². The molecule has 2 N–H and O–H groups in total. The summed E-state index contributed by atoms with van der Waals surface area (Å²) in [5.74, 6) is 0.514. The van der Waals surface area contributed by atoms with Gasteiger partial charge in [0.05, 0.1) is 0 Å². The quantitative estimate of drug-likeness (QED) is 0.727. The molecule has 2 aliphatic heterocycles. The number of hydrogen-bond acceptors (Lipinski definition) is 3. The van der Waals surface area contributed by atoms with Crippen LogP contribution in [0.1, 0.15) is 12.8 Å². The molecule has 1 spiro atoms. The first-order valence-electron chi connectivity index (χ1n) is 5.27. The normalized spacial score (nSPS) is 29.6. The second-order valence-electron chi connectivity index (χ2n) is 4.69. The van der Waals surface area contributed by atoms with Crippen LogP contribution in [0.5, 0.6) is 0 Å². The first-order chi connectivity index (χ1) is 6.27. The predicted molar refractivity (Wildman–Crippen MR) is 67.1 cm³/mol. The van der Waals surface area contributed by atoms with E-state index in [-0.39, 0.29) is 24.8 Å². The van der Waals surface area contributed by atoms with Crippen molar-refractivity contribution in [2.75, 3.05) is 39.8 Å². The Hall–Kier alpha value is 0.460. The lowest BCUT2D eigenvalue weighted by atomic mass is 9.71. The van der Waals surface area contributed by atoms with Crippen molar-refractivity contribution in [3.05, 3.63) is 0 Å². The molecule has 1 unspecified atom stereocenters. The van der Waals surface area contributed by atoms with Gasteiger partial charge < -0.3 is 15.3 Å². The van der Waals surface area contributed by atoms with Gasteiger partial charge in [0, 0.05) is 25.6 Å². The maximum atomic E-state index is 9.35. The summed E-state index contributed by atoms with van der Waals surface area (Å²) in [7, 11) is 2.17. The van der Waals surface area contributed by atoms with Crippen molar-refractivity contribution in [3.8, 4) is 0 Å². The van der Waals surface area contributed by atoms with E-state index in [1.54, 1.807) is 0 Å². The Bertz CT molecular complexity index is 186. The summed E-state index contributed by atoms with van der Waals surface area (Å²) in [5, 5.41) is 12.7. The van der Waals surface area contributed by atoms with Crippen LogP contribution in [0.3, 0.4) is 0 Å². The fourth-order valence-corrected chi connectivity index (χ4v) is 3.04. The Morgan fingerprint density at radius 1 is 1.33 bits per heavy atom. The minimum absolute atomic E-state index is 0. The molecule has 0 saturated carbocycles. The van der Waals surface area contributed by atoms with Crippen molar-refractivity contribution in [2.45, 2.75) is 12.8 Å². The summed E-state index contributed by atoms with van der Waals surface area (Å²) in [6.07, 6.45) is 2.48. The molecule has 2 fully saturated rings. The topological polar surface area (TPSA) is 35.5 Å². The van der Waals surface area contributed by atoms with Gasteiger partial charge in [0.1, 0.15) is 0 Å². The summed E-state index contributed by atoms with van der Waals surface area (Å²) in [5.41, 5.74) is 0.425. The highest BCUT2D eigenvalue weighted by Gasteiger charge is 2.45. The molecule has 3 nitrogen and oxygen atoms in total. The number of piperidine rings is 1. The van der Waals surface area contributed by atoms with Gasteiger partial charge in [-0.1, -0.05) is 0 Å². The highest BCUT2D eigenvalue weighted by molar-refractivity contribution is 5.85. The van der Waals surface area contributed by atoms with E-state index in [4.69, 9.17) is 0 Å². The van der Waals surface area contributed by atoms with E-state index >= 15 is 0 Å². The zero-order chi connectivity index (χ0) is 9.31. The van der Waals surface area contributed by atoms with Crippen molar-refractivity contribution in [2.24, 2.45) is 11.3 Å². The third-order valence-electron chi connectivity index (χ3n) is 3.80. The Balaban J connectivity index is 0.000000980. The number of halogens is 2. The zero-order valence-electron chi connectivity index (χ0n) is 9.24. The molecular weight excluding hydrogens is 235 g/mol. The van der Waals surface area contributed by atoms with Crippen LogP contribution in [0.2, 0.25) is 0 Å². The van der Waals surface area contributed by atoms with Gasteiger partial charge >= 0.3 is 0 Å². The number of likely N-dealkylation sites (tertiary alicyclic amines) is 1. The molecule has 0 radical (unpaired) electrons. The zero-order valence-corrected chi connectivity index (χ0v) is 10.9. The van der Waals surface area contributed by atoms with Crippen molar-refractivity contribution >= 4 is 24.8 Å². The van der Waals surface area contributed by atoms with E-state index in [1.807, 2.05) is 0 Å². The predicted octanol–water partition coefficient (Wildman–Crippen LogP) is 0.754. The molecule has 0 aromatic rings. The number of aliphatic hydroxyl groups is 1. The van der Waals surface area contributed by atoms with E-state index in [0.717, 1.165) is 19.6 Å². The summed E-state index contributed by atoms with van der Waals surface area (Å²) in [6, 6.07) is 0. The molecule has 1 atom stereocenters. The average molecular weight is 257 g/mol. The Kier molecular flexibility index (Phi) is 6.45. The summed E-state index contributed by atoms with van der Waals surface area (Å²) in [4.78, 5) is 2.37. The Morgan fingerprint density at radius 2 is 1.93 bits per heavy atom. The molecule has 2 saturated heterocycles. The molecule has 0 bridgehead atoms.